The SMILES string of the molecule is C=C(C(Cc1ccc(Cl)cc1)C(=O)OCC)P1(=O)N(c2ccccc2)CCN1c1ccccc1. The topological polar surface area (TPSA) is 49.9 Å². The van der Waals surface area contributed by atoms with Crippen LogP contribution in [-0.2, 0) is 20.5 Å². The van der Waals surface area contributed by atoms with Crippen LogP contribution in [0.25, 0.3) is 0 Å². The molecule has 3 aromatic carbocycles. The molecule has 34 heavy (non-hydrogen) atoms. The first-order chi connectivity index (χ1) is 16.4. The summed E-state index contributed by atoms with van der Waals surface area (Å²) in [6.45, 7) is 7.40. The molecule has 176 valence electrons. The second-order valence-corrected chi connectivity index (χ2v) is 11.2. The lowest BCUT2D eigenvalue weighted by molar-refractivity contribution is -0.146. The van der Waals surface area contributed by atoms with Crippen LogP contribution in [0, 0.1) is 5.92 Å². The van der Waals surface area contributed by atoms with Crippen molar-refractivity contribution >= 4 is 36.4 Å². The molecule has 0 N–H and O–H groups in total. The second-order valence-electron chi connectivity index (χ2n) is 8.09. The molecule has 1 aliphatic heterocycles. The van der Waals surface area contributed by atoms with Crippen molar-refractivity contribution in [2.24, 2.45) is 5.92 Å². The third-order valence-corrected chi connectivity index (χ3v) is 9.47. The third kappa shape index (κ3) is 4.77. The van der Waals surface area contributed by atoms with Gasteiger partial charge in [-0.25, -0.2) is 0 Å². The highest BCUT2D eigenvalue weighted by atomic mass is 35.5. The zero-order valence-electron chi connectivity index (χ0n) is 19.1. The summed E-state index contributed by atoms with van der Waals surface area (Å²) in [5.74, 6) is -1.20. The highest BCUT2D eigenvalue weighted by molar-refractivity contribution is 7.71. The first-order valence-corrected chi connectivity index (χ1v) is 13.3. The average molecular weight is 495 g/mol. The van der Waals surface area contributed by atoms with Gasteiger partial charge >= 0.3 is 5.97 Å². The molecule has 7 heteroatoms. The molecule has 1 atom stereocenters. The Kier molecular flexibility index (Phi) is 7.45. The van der Waals surface area contributed by atoms with E-state index < -0.39 is 19.3 Å². The monoisotopic (exact) mass is 494 g/mol. The van der Waals surface area contributed by atoms with Crippen LogP contribution < -0.4 is 9.34 Å². The lowest BCUT2D eigenvalue weighted by Gasteiger charge is -2.36. The van der Waals surface area contributed by atoms with Crippen molar-refractivity contribution in [1.82, 2.24) is 0 Å². The summed E-state index contributed by atoms with van der Waals surface area (Å²) < 4.78 is 24.3. The number of anilines is 2. The molecule has 1 fully saturated rings. The van der Waals surface area contributed by atoms with E-state index in [9.17, 15) is 4.79 Å². The lowest BCUT2D eigenvalue weighted by Crippen LogP contribution is -2.28. The van der Waals surface area contributed by atoms with E-state index in [1.165, 1.54) is 0 Å². The van der Waals surface area contributed by atoms with Crippen LogP contribution in [0.1, 0.15) is 12.5 Å². The van der Waals surface area contributed by atoms with Crippen molar-refractivity contribution in [3.05, 3.63) is 107 Å². The van der Waals surface area contributed by atoms with Crippen molar-refractivity contribution in [3.8, 4) is 0 Å². The van der Waals surface area contributed by atoms with E-state index in [0.717, 1.165) is 16.9 Å². The van der Waals surface area contributed by atoms with Gasteiger partial charge in [0.1, 0.15) is 0 Å². The van der Waals surface area contributed by atoms with E-state index in [4.69, 9.17) is 16.3 Å². The number of nitrogens with zero attached hydrogens (tertiary/aromatic N) is 2. The number of para-hydroxylation sites is 2. The zero-order valence-corrected chi connectivity index (χ0v) is 20.8. The highest BCUT2D eigenvalue weighted by Gasteiger charge is 2.49. The molecule has 0 aromatic heterocycles. The fourth-order valence-corrected chi connectivity index (χ4v) is 7.53. The largest absolute Gasteiger partial charge is 0.466 e. The lowest BCUT2D eigenvalue weighted by atomic mass is 9.99. The molecule has 5 nitrogen and oxygen atoms in total. The van der Waals surface area contributed by atoms with E-state index >= 15 is 4.57 Å². The normalized spacial score (nSPS) is 15.7. The minimum absolute atomic E-state index is 0.234. The van der Waals surface area contributed by atoms with Crippen molar-refractivity contribution in [3.63, 3.8) is 0 Å². The number of hydrogen-bond acceptors (Lipinski definition) is 3. The first-order valence-electron chi connectivity index (χ1n) is 11.3. The quantitative estimate of drug-likeness (QED) is 0.255. The van der Waals surface area contributed by atoms with Crippen molar-refractivity contribution in [2.45, 2.75) is 13.3 Å². The molecular weight excluding hydrogens is 467 g/mol. The summed E-state index contributed by atoms with van der Waals surface area (Å²) in [4.78, 5) is 13.2. The molecular formula is C27H28ClN2O3P. The van der Waals surface area contributed by atoms with Crippen molar-refractivity contribution in [2.75, 3.05) is 29.0 Å². The molecule has 4 rings (SSSR count). The number of esters is 1. The van der Waals surface area contributed by atoms with Gasteiger partial charge in [0, 0.05) is 34.8 Å². The van der Waals surface area contributed by atoms with E-state index in [1.807, 2.05) is 82.1 Å². The smallest absolute Gasteiger partial charge is 0.314 e. The van der Waals surface area contributed by atoms with Gasteiger partial charge in [-0.3, -0.25) is 9.36 Å². The number of hydrogen-bond donors (Lipinski definition) is 0. The van der Waals surface area contributed by atoms with Crippen LogP contribution in [0.4, 0.5) is 11.4 Å². The Morgan fingerprint density at radius 3 is 1.91 bits per heavy atom. The van der Waals surface area contributed by atoms with Crippen LogP contribution in [0.5, 0.6) is 0 Å². The minimum Gasteiger partial charge on any atom is -0.466 e. The summed E-state index contributed by atoms with van der Waals surface area (Å²) in [5.41, 5.74) is 2.56. The molecule has 3 aromatic rings. The molecule has 0 bridgehead atoms. The average Bonchev–Trinajstić information content (AvgIpc) is 3.22. The van der Waals surface area contributed by atoms with Gasteiger partial charge in [-0.1, -0.05) is 66.7 Å². The van der Waals surface area contributed by atoms with Crippen LogP contribution in [0.15, 0.2) is 96.8 Å². The predicted octanol–water partition coefficient (Wildman–Crippen LogP) is 6.80. The first kappa shape index (κ1) is 24.1. The van der Waals surface area contributed by atoms with Crippen molar-refractivity contribution < 1.29 is 14.1 Å². The summed E-state index contributed by atoms with van der Waals surface area (Å²) in [6, 6.07) is 26.6. The minimum atomic E-state index is -3.46. The Balaban J connectivity index is 1.79. The molecule has 0 saturated carbocycles. The molecule has 1 saturated heterocycles. The summed E-state index contributed by atoms with van der Waals surface area (Å²) >= 11 is 6.06. The second kappa shape index (κ2) is 10.5. The summed E-state index contributed by atoms with van der Waals surface area (Å²) in [7, 11) is -3.46. The maximum absolute atomic E-state index is 15.1. The van der Waals surface area contributed by atoms with Gasteiger partial charge < -0.3 is 14.1 Å². The highest BCUT2D eigenvalue weighted by Crippen LogP contribution is 2.67. The molecule has 1 unspecified atom stereocenters. The van der Waals surface area contributed by atoms with E-state index in [1.54, 1.807) is 19.1 Å². The molecule has 0 radical (unpaired) electrons. The maximum atomic E-state index is 15.1. The van der Waals surface area contributed by atoms with Gasteiger partial charge in [-0.2, -0.15) is 0 Å². The van der Waals surface area contributed by atoms with E-state index in [2.05, 4.69) is 6.58 Å². The van der Waals surface area contributed by atoms with Crippen molar-refractivity contribution in [1.29, 1.82) is 0 Å². The Labute approximate surface area is 206 Å². The predicted molar refractivity (Wildman–Crippen MR) is 140 cm³/mol. The van der Waals surface area contributed by atoms with E-state index in [0.29, 0.717) is 29.8 Å². The van der Waals surface area contributed by atoms with E-state index in [-0.39, 0.29) is 6.61 Å². The van der Waals surface area contributed by atoms with Crippen LogP contribution >= 0.6 is 19.0 Å². The van der Waals surface area contributed by atoms with Gasteiger partial charge in [0.25, 0.3) is 7.44 Å². The van der Waals surface area contributed by atoms with Crippen LogP contribution in [-0.4, -0.2) is 25.7 Å². The number of rotatable bonds is 8. The van der Waals surface area contributed by atoms with Gasteiger partial charge in [0.05, 0.1) is 12.5 Å². The fourth-order valence-electron chi connectivity index (χ4n) is 4.31. The Morgan fingerprint density at radius 2 is 1.44 bits per heavy atom. The molecule has 1 aliphatic rings. The van der Waals surface area contributed by atoms with Gasteiger partial charge in [0.2, 0.25) is 0 Å². The third-order valence-electron chi connectivity index (χ3n) is 5.99. The zero-order chi connectivity index (χ0) is 24.1. The van der Waals surface area contributed by atoms with Crippen LogP contribution in [0.3, 0.4) is 0 Å². The number of ether oxygens (including phenoxy) is 1. The van der Waals surface area contributed by atoms with Gasteiger partial charge in [-0.05, 0) is 55.3 Å². The number of halogens is 1. The Morgan fingerprint density at radius 1 is 0.941 bits per heavy atom. The van der Waals surface area contributed by atoms with Gasteiger partial charge in [0.15, 0.2) is 0 Å². The summed E-state index contributed by atoms with van der Waals surface area (Å²) in [5, 5.41) is 0.982. The maximum Gasteiger partial charge on any atom is 0.314 e. The number of carbonyl (C=O) groups excluding carboxylic acids is 1. The number of carbonyl (C=O) groups is 1. The van der Waals surface area contributed by atoms with Crippen LogP contribution in [0.2, 0.25) is 5.02 Å². The summed E-state index contributed by atoms with van der Waals surface area (Å²) in [6.07, 6.45) is 0.323. The molecule has 0 aliphatic carbocycles. The standard InChI is InChI=1S/C27H28ClN2O3P/c1-3-33-27(31)26(20-22-14-16-23(28)17-15-22)21(2)34(32)29(24-10-6-4-7-11-24)18-19-30(34)25-12-8-5-9-13-25/h4-17,26H,2-3,18-20H2,1H3. The fraction of sp³-hybridized carbons (Fsp3) is 0.222. The molecule has 0 amide bonds. The number of benzene rings is 3. The van der Waals surface area contributed by atoms with Gasteiger partial charge in [-0.15, -0.1) is 0 Å². The Hall–Kier alpha value is -3.01. The Bertz CT molecular complexity index is 1130. The molecule has 0 spiro atoms. The molecule has 1 heterocycles.